The Morgan fingerprint density at radius 1 is 0.955 bits per heavy atom. The molecule has 0 heterocycles. The standard InChI is InChI=1S/C19H24O3/c1-13-3-5-15(6-4-13)16-7-9-17(10-8-16)19(22)12-18(21)11-14(2)20/h7-10,13,15H,3-6,11-12H2,1-2H3. The Kier molecular flexibility index (Phi) is 5.64. The summed E-state index contributed by atoms with van der Waals surface area (Å²) in [5, 5.41) is 0. The van der Waals surface area contributed by atoms with Crippen LogP contribution in [0.4, 0.5) is 0 Å². The van der Waals surface area contributed by atoms with E-state index in [4.69, 9.17) is 0 Å². The Labute approximate surface area is 132 Å². The first-order valence-electron chi connectivity index (χ1n) is 8.10. The van der Waals surface area contributed by atoms with Crippen molar-refractivity contribution in [2.24, 2.45) is 5.92 Å². The fraction of sp³-hybridized carbons (Fsp3) is 0.526. The van der Waals surface area contributed by atoms with Gasteiger partial charge in [0.2, 0.25) is 0 Å². The molecule has 0 spiro atoms. The number of hydrogen-bond acceptors (Lipinski definition) is 3. The number of hydrogen-bond donors (Lipinski definition) is 0. The van der Waals surface area contributed by atoms with Gasteiger partial charge in [-0.25, -0.2) is 0 Å². The van der Waals surface area contributed by atoms with Gasteiger partial charge in [0, 0.05) is 5.56 Å². The van der Waals surface area contributed by atoms with Crippen molar-refractivity contribution in [3.63, 3.8) is 0 Å². The average Bonchev–Trinajstić information content (AvgIpc) is 2.47. The van der Waals surface area contributed by atoms with Gasteiger partial charge in [0.1, 0.15) is 11.6 Å². The summed E-state index contributed by atoms with van der Waals surface area (Å²) in [5.41, 5.74) is 1.85. The smallest absolute Gasteiger partial charge is 0.170 e. The van der Waals surface area contributed by atoms with Gasteiger partial charge < -0.3 is 0 Å². The molecule has 0 aliphatic heterocycles. The molecule has 0 atom stereocenters. The highest BCUT2D eigenvalue weighted by molar-refractivity contribution is 6.12. The predicted octanol–water partition coefficient (Wildman–Crippen LogP) is 4.10. The molecule has 1 aliphatic rings. The Morgan fingerprint density at radius 2 is 1.55 bits per heavy atom. The van der Waals surface area contributed by atoms with E-state index in [0.29, 0.717) is 11.5 Å². The molecule has 22 heavy (non-hydrogen) atoms. The normalized spacial score (nSPS) is 21.4. The minimum absolute atomic E-state index is 0.149. The van der Waals surface area contributed by atoms with Crippen molar-refractivity contribution >= 4 is 17.3 Å². The van der Waals surface area contributed by atoms with Gasteiger partial charge in [-0.1, -0.05) is 44.0 Å². The van der Waals surface area contributed by atoms with Crippen LogP contribution in [0.15, 0.2) is 24.3 Å². The van der Waals surface area contributed by atoms with E-state index < -0.39 is 0 Å². The van der Waals surface area contributed by atoms with Crippen LogP contribution in [0.5, 0.6) is 0 Å². The summed E-state index contributed by atoms with van der Waals surface area (Å²) in [4.78, 5) is 34.5. The third-order valence-corrected chi connectivity index (χ3v) is 4.52. The van der Waals surface area contributed by atoms with E-state index in [-0.39, 0.29) is 30.2 Å². The predicted molar refractivity (Wildman–Crippen MR) is 86.1 cm³/mol. The zero-order valence-corrected chi connectivity index (χ0v) is 13.4. The van der Waals surface area contributed by atoms with E-state index in [1.807, 2.05) is 24.3 Å². The zero-order chi connectivity index (χ0) is 16.1. The molecule has 118 valence electrons. The molecule has 0 saturated heterocycles. The van der Waals surface area contributed by atoms with Crippen molar-refractivity contribution < 1.29 is 14.4 Å². The van der Waals surface area contributed by atoms with Crippen LogP contribution < -0.4 is 0 Å². The molecule has 2 rings (SSSR count). The van der Waals surface area contributed by atoms with Crippen LogP contribution in [-0.4, -0.2) is 17.3 Å². The van der Waals surface area contributed by atoms with Crippen LogP contribution in [0, 0.1) is 5.92 Å². The Morgan fingerprint density at radius 3 is 2.09 bits per heavy atom. The van der Waals surface area contributed by atoms with Crippen molar-refractivity contribution in [2.45, 2.75) is 58.3 Å². The number of rotatable bonds is 6. The largest absolute Gasteiger partial charge is 0.300 e. The zero-order valence-electron chi connectivity index (χ0n) is 13.4. The van der Waals surface area contributed by atoms with E-state index in [9.17, 15) is 14.4 Å². The molecule has 1 aliphatic carbocycles. The van der Waals surface area contributed by atoms with Gasteiger partial charge in [-0.2, -0.15) is 0 Å². The second kappa shape index (κ2) is 7.48. The lowest BCUT2D eigenvalue weighted by molar-refractivity contribution is -0.125. The monoisotopic (exact) mass is 300 g/mol. The van der Waals surface area contributed by atoms with Crippen molar-refractivity contribution in [3.8, 4) is 0 Å². The van der Waals surface area contributed by atoms with E-state index >= 15 is 0 Å². The van der Waals surface area contributed by atoms with Crippen LogP contribution in [0.2, 0.25) is 0 Å². The molecule has 3 heteroatoms. The Bertz CT molecular complexity index is 549. The fourth-order valence-electron chi connectivity index (χ4n) is 3.16. The van der Waals surface area contributed by atoms with Crippen molar-refractivity contribution in [2.75, 3.05) is 0 Å². The second-order valence-electron chi connectivity index (χ2n) is 6.60. The number of carbonyl (C=O) groups excluding carboxylic acids is 3. The molecule has 3 nitrogen and oxygen atoms in total. The SMILES string of the molecule is CC(=O)CC(=O)CC(=O)c1ccc(C2CCC(C)CC2)cc1. The fourth-order valence-corrected chi connectivity index (χ4v) is 3.16. The highest BCUT2D eigenvalue weighted by Crippen LogP contribution is 2.35. The molecule has 1 aromatic rings. The lowest BCUT2D eigenvalue weighted by Gasteiger charge is -2.26. The summed E-state index contributed by atoms with van der Waals surface area (Å²) < 4.78 is 0. The van der Waals surface area contributed by atoms with Gasteiger partial charge in [0.05, 0.1) is 12.8 Å². The maximum Gasteiger partial charge on any atom is 0.170 e. The van der Waals surface area contributed by atoms with Crippen LogP contribution >= 0.6 is 0 Å². The van der Waals surface area contributed by atoms with E-state index in [2.05, 4.69) is 6.92 Å². The summed E-state index contributed by atoms with van der Waals surface area (Å²) in [6.45, 7) is 3.66. The maximum absolute atomic E-state index is 12.0. The third-order valence-electron chi connectivity index (χ3n) is 4.52. The molecule has 1 aromatic carbocycles. The summed E-state index contributed by atoms with van der Waals surface area (Å²) in [6.07, 6.45) is 4.64. The second-order valence-corrected chi connectivity index (χ2v) is 6.60. The van der Waals surface area contributed by atoms with Gasteiger partial charge >= 0.3 is 0 Å². The molecule has 0 amide bonds. The van der Waals surface area contributed by atoms with Crippen molar-refractivity contribution in [1.82, 2.24) is 0 Å². The molecule has 0 unspecified atom stereocenters. The molecule has 0 N–H and O–H groups in total. The van der Waals surface area contributed by atoms with Gasteiger partial charge in [-0.3, -0.25) is 14.4 Å². The van der Waals surface area contributed by atoms with Gasteiger partial charge in [0.15, 0.2) is 5.78 Å². The number of Topliss-reactive ketones (excluding diaryl/α,β-unsaturated/α-hetero) is 3. The van der Waals surface area contributed by atoms with Gasteiger partial charge in [0.25, 0.3) is 0 Å². The molecule has 0 radical (unpaired) electrons. The van der Waals surface area contributed by atoms with Crippen molar-refractivity contribution in [1.29, 1.82) is 0 Å². The van der Waals surface area contributed by atoms with Gasteiger partial charge in [-0.05, 0) is 37.2 Å². The molecule has 1 fully saturated rings. The van der Waals surface area contributed by atoms with Crippen LogP contribution in [0.1, 0.15) is 74.2 Å². The minimum atomic E-state index is -0.303. The maximum atomic E-state index is 12.0. The molecular formula is C19H24O3. The minimum Gasteiger partial charge on any atom is -0.300 e. The van der Waals surface area contributed by atoms with Crippen LogP contribution in [0.25, 0.3) is 0 Å². The highest BCUT2D eigenvalue weighted by atomic mass is 16.2. The Balaban J connectivity index is 1.95. The highest BCUT2D eigenvalue weighted by Gasteiger charge is 2.20. The van der Waals surface area contributed by atoms with Gasteiger partial charge in [-0.15, -0.1) is 0 Å². The number of carbonyl (C=O) groups is 3. The quantitative estimate of drug-likeness (QED) is 0.587. The van der Waals surface area contributed by atoms with E-state index in [0.717, 1.165) is 5.92 Å². The average molecular weight is 300 g/mol. The van der Waals surface area contributed by atoms with E-state index in [1.165, 1.54) is 38.2 Å². The molecular weight excluding hydrogens is 276 g/mol. The summed E-state index contributed by atoms with van der Waals surface area (Å²) >= 11 is 0. The summed E-state index contributed by atoms with van der Waals surface area (Å²) in [5.74, 6) is 0.724. The molecule has 0 bridgehead atoms. The number of ketones is 3. The Hall–Kier alpha value is -1.77. The topological polar surface area (TPSA) is 51.2 Å². The molecule has 1 saturated carbocycles. The first-order chi connectivity index (χ1) is 10.5. The third kappa shape index (κ3) is 4.62. The first-order valence-corrected chi connectivity index (χ1v) is 8.10. The number of benzene rings is 1. The molecule has 0 aromatic heterocycles. The lowest BCUT2D eigenvalue weighted by atomic mass is 9.79. The lowest BCUT2D eigenvalue weighted by Crippen LogP contribution is -2.12. The summed E-state index contributed by atoms with van der Waals surface area (Å²) in [6, 6.07) is 7.67. The van der Waals surface area contributed by atoms with Crippen molar-refractivity contribution in [3.05, 3.63) is 35.4 Å². The summed E-state index contributed by atoms with van der Waals surface area (Å²) in [7, 11) is 0. The van der Waals surface area contributed by atoms with Crippen LogP contribution in [0.3, 0.4) is 0 Å². The van der Waals surface area contributed by atoms with Crippen LogP contribution in [-0.2, 0) is 9.59 Å². The van der Waals surface area contributed by atoms with E-state index in [1.54, 1.807) is 0 Å². The first kappa shape index (κ1) is 16.6.